The Bertz CT molecular complexity index is 804. The summed E-state index contributed by atoms with van der Waals surface area (Å²) in [4.78, 5) is 21.4. The van der Waals surface area contributed by atoms with E-state index >= 15 is 0 Å². The van der Waals surface area contributed by atoms with E-state index in [1.54, 1.807) is 24.3 Å². The number of nitrogens with one attached hydrogen (secondary N) is 1. The zero-order chi connectivity index (χ0) is 18.8. The molecule has 0 unspecified atom stereocenters. The van der Waals surface area contributed by atoms with Crippen LogP contribution in [0, 0.1) is 22.0 Å². The van der Waals surface area contributed by atoms with Crippen molar-refractivity contribution in [1.29, 1.82) is 0 Å². The van der Waals surface area contributed by atoms with E-state index in [9.17, 15) is 10.1 Å². The third-order valence-corrected chi connectivity index (χ3v) is 4.60. The Balaban J connectivity index is 1.99. The number of aromatic nitrogens is 2. The average molecular weight is 377 g/mol. The first-order valence-corrected chi connectivity index (χ1v) is 8.80. The molecule has 3 N–H and O–H groups in total. The van der Waals surface area contributed by atoms with Crippen molar-refractivity contribution >= 4 is 40.6 Å². The zero-order valence-electron chi connectivity index (χ0n) is 14.6. The molecule has 0 saturated carbocycles. The van der Waals surface area contributed by atoms with Gasteiger partial charge in [0.2, 0.25) is 17.6 Å². The molecule has 1 saturated heterocycles. The van der Waals surface area contributed by atoms with Crippen molar-refractivity contribution in [3.8, 4) is 0 Å². The number of nitrogens with zero attached hydrogens (tertiary/aromatic N) is 4. The molecule has 8 nitrogen and oxygen atoms in total. The number of hydrogen-bond donors (Lipinski definition) is 2. The first-order chi connectivity index (χ1) is 12.3. The van der Waals surface area contributed by atoms with Gasteiger partial charge in [-0.1, -0.05) is 25.4 Å². The number of halogens is 1. The van der Waals surface area contributed by atoms with E-state index in [1.165, 1.54) is 0 Å². The standard InChI is InChI=1S/C17H21ClN6O2/c1-10-7-11(2)9-23(8-10)16-14(24(25)26)15(19)21-17(22-16)20-13-5-3-12(18)4-6-13/h3-6,10-11H,7-9H2,1-2H3,(H3,19,20,21,22)/t10-,11-/m0/s1. The Hall–Kier alpha value is -2.61. The average Bonchev–Trinajstić information content (AvgIpc) is 2.55. The highest BCUT2D eigenvalue weighted by atomic mass is 35.5. The molecule has 2 aromatic rings. The highest BCUT2D eigenvalue weighted by molar-refractivity contribution is 6.30. The van der Waals surface area contributed by atoms with E-state index in [4.69, 9.17) is 17.3 Å². The van der Waals surface area contributed by atoms with Crippen LogP contribution in [0.5, 0.6) is 0 Å². The van der Waals surface area contributed by atoms with Crippen molar-refractivity contribution in [1.82, 2.24) is 9.97 Å². The molecule has 1 aliphatic heterocycles. The Morgan fingerprint density at radius 1 is 1.23 bits per heavy atom. The summed E-state index contributed by atoms with van der Waals surface area (Å²) in [6.07, 6.45) is 1.08. The van der Waals surface area contributed by atoms with Gasteiger partial charge in [0.25, 0.3) is 0 Å². The van der Waals surface area contributed by atoms with Gasteiger partial charge in [0.15, 0.2) is 0 Å². The molecule has 9 heteroatoms. The van der Waals surface area contributed by atoms with Crippen molar-refractivity contribution in [3.63, 3.8) is 0 Å². The summed E-state index contributed by atoms with van der Waals surface area (Å²) in [7, 11) is 0. The van der Waals surface area contributed by atoms with E-state index in [1.807, 2.05) is 4.90 Å². The van der Waals surface area contributed by atoms with Gasteiger partial charge in [-0.25, -0.2) is 0 Å². The fourth-order valence-electron chi connectivity index (χ4n) is 3.41. The summed E-state index contributed by atoms with van der Waals surface area (Å²) in [5.41, 5.74) is 6.37. The monoisotopic (exact) mass is 376 g/mol. The molecule has 1 aromatic carbocycles. The number of rotatable bonds is 4. The van der Waals surface area contributed by atoms with Gasteiger partial charge in [0.05, 0.1) is 4.92 Å². The van der Waals surface area contributed by atoms with Crippen molar-refractivity contribution < 1.29 is 4.92 Å². The third-order valence-electron chi connectivity index (χ3n) is 4.34. The van der Waals surface area contributed by atoms with Crippen molar-refractivity contribution in [3.05, 3.63) is 39.4 Å². The molecule has 0 spiro atoms. The van der Waals surface area contributed by atoms with Gasteiger partial charge in [-0.3, -0.25) is 10.1 Å². The maximum atomic E-state index is 11.5. The first kappa shape index (κ1) is 18.2. The largest absolute Gasteiger partial charge is 0.378 e. The quantitative estimate of drug-likeness (QED) is 0.615. The highest BCUT2D eigenvalue weighted by Crippen LogP contribution is 2.35. The minimum Gasteiger partial charge on any atom is -0.378 e. The zero-order valence-corrected chi connectivity index (χ0v) is 15.4. The van der Waals surface area contributed by atoms with Crippen LogP contribution in [0.4, 0.5) is 29.0 Å². The molecule has 0 aliphatic carbocycles. The molecule has 1 aliphatic rings. The minimum atomic E-state index is -0.513. The lowest BCUT2D eigenvalue weighted by atomic mass is 9.92. The van der Waals surface area contributed by atoms with Crippen LogP contribution in [0.2, 0.25) is 5.02 Å². The first-order valence-electron chi connectivity index (χ1n) is 8.43. The molecule has 3 rings (SSSR count). The molecule has 1 aromatic heterocycles. The lowest BCUT2D eigenvalue weighted by molar-refractivity contribution is -0.383. The number of nitrogen functional groups attached to an aromatic ring is 1. The van der Waals surface area contributed by atoms with Crippen molar-refractivity contribution in [2.24, 2.45) is 11.8 Å². The van der Waals surface area contributed by atoms with Crippen LogP contribution in [-0.2, 0) is 0 Å². The molecule has 0 bridgehead atoms. The van der Waals surface area contributed by atoms with Gasteiger partial charge in [-0.2, -0.15) is 9.97 Å². The normalized spacial score (nSPS) is 20.0. The number of hydrogen-bond acceptors (Lipinski definition) is 7. The second-order valence-electron chi connectivity index (χ2n) is 6.84. The Morgan fingerprint density at radius 3 is 2.42 bits per heavy atom. The van der Waals surface area contributed by atoms with Crippen molar-refractivity contribution in [2.75, 3.05) is 29.0 Å². The lowest BCUT2D eigenvalue weighted by Gasteiger charge is -2.35. The molecule has 138 valence electrons. The van der Waals surface area contributed by atoms with Gasteiger partial charge in [-0.05, 0) is 42.5 Å². The fraction of sp³-hybridized carbons (Fsp3) is 0.412. The predicted molar refractivity (Wildman–Crippen MR) is 103 cm³/mol. The summed E-state index contributed by atoms with van der Waals surface area (Å²) in [6, 6.07) is 7.00. The molecule has 0 radical (unpaired) electrons. The Morgan fingerprint density at radius 2 is 1.85 bits per heavy atom. The Kier molecular flexibility index (Phi) is 5.13. The van der Waals surface area contributed by atoms with Gasteiger partial charge >= 0.3 is 5.69 Å². The van der Waals surface area contributed by atoms with E-state index in [0.717, 1.165) is 6.42 Å². The lowest BCUT2D eigenvalue weighted by Crippen LogP contribution is -2.39. The molecule has 2 atom stereocenters. The summed E-state index contributed by atoms with van der Waals surface area (Å²) in [6.45, 7) is 5.65. The number of anilines is 4. The molecule has 1 fully saturated rings. The maximum absolute atomic E-state index is 11.5. The second-order valence-corrected chi connectivity index (χ2v) is 7.28. The predicted octanol–water partition coefficient (Wildman–Crippen LogP) is 3.85. The second kappa shape index (κ2) is 7.33. The molecular weight excluding hydrogens is 356 g/mol. The summed E-state index contributed by atoms with van der Waals surface area (Å²) < 4.78 is 0. The van der Waals surface area contributed by atoms with Crippen LogP contribution in [0.3, 0.4) is 0 Å². The van der Waals surface area contributed by atoms with Crippen LogP contribution >= 0.6 is 11.6 Å². The van der Waals surface area contributed by atoms with Gasteiger partial charge < -0.3 is 16.0 Å². The molecular formula is C17H21ClN6O2. The Labute approximate surface area is 156 Å². The summed E-state index contributed by atoms with van der Waals surface area (Å²) in [5, 5.41) is 15.2. The minimum absolute atomic E-state index is 0.151. The highest BCUT2D eigenvalue weighted by Gasteiger charge is 2.31. The van der Waals surface area contributed by atoms with Crippen LogP contribution in [0.15, 0.2) is 24.3 Å². The number of piperidine rings is 1. The molecule has 0 amide bonds. The van der Waals surface area contributed by atoms with Crippen LogP contribution < -0.4 is 16.0 Å². The maximum Gasteiger partial charge on any atom is 0.353 e. The van der Waals surface area contributed by atoms with E-state index in [-0.39, 0.29) is 23.3 Å². The topological polar surface area (TPSA) is 110 Å². The smallest absolute Gasteiger partial charge is 0.353 e. The van der Waals surface area contributed by atoms with Crippen LogP contribution in [0.1, 0.15) is 20.3 Å². The van der Waals surface area contributed by atoms with Crippen LogP contribution in [0.25, 0.3) is 0 Å². The van der Waals surface area contributed by atoms with E-state index in [2.05, 4.69) is 29.1 Å². The molecule has 2 heterocycles. The van der Waals surface area contributed by atoms with Gasteiger partial charge in [0.1, 0.15) is 0 Å². The summed E-state index contributed by atoms with van der Waals surface area (Å²) >= 11 is 5.89. The van der Waals surface area contributed by atoms with E-state index < -0.39 is 4.92 Å². The number of nitro groups is 1. The van der Waals surface area contributed by atoms with Crippen molar-refractivity contribution in [2.45, 2.75) is 20.3 Å². The third kappa shape index (κ3) is 3.96. The van der Waals surface area contributed by atoms with Gasteiger partial charge in [0, 0.05) is 23.8 Å². The molecule has 26 heavy (non-hydrogen) atoms. The fourth-order valence-corrected chi connectivity index (χ4v) is 3.54. The summed E-state index contributed by atoms with van der Waals surface area (Å²) in [5.74, 6) is 1.17. The SMILES string of the molecule is C[C@H]1C[C@H](C)CN(c2nc(Nc3ccc(Cl)cc3)nc(N)c2[N+](=O)[O-])C1. The van der Waals surface area contributed by atoms with E-state index in [0.29, 0.717) is 35.6 Å². The van der Waals surface area contributed by atoms with Gasteiger partial charge in [-0.15, -0.1) is 0 Å². The van der Waals surface area contributed by atoms with Crippen LogP contribution in [-0.4, -0.2) is 28.0 Å². The number of benzene rings is 1. The number of nitrogens with two attached hydrogens (primary N) is 1.